The molecule has 4 rings (SSSR count). The number of carbonyl (C=O) groups excluding carboxylic acids is 2. The number of hydrogen-bond donors (Lipinski definition) is 2. The normalized spacial score (nSPS) is 13.0. The van der Waals surface area contributed by atoms with Gasteiger partial charge in [0.25, 0.3) is 5.91 Å². The van der Waals surface area contributed by atoms with Gasteiger partial charge in [-0.25, -0.2) is 9.37 Å². The number of rotatable bonds is 5. The zero-order valence-corrected chi connectivity index (χ0v) is 18.5. The summed E-state index contributed by atoms with van der Waals surface area (Å²) in [5.41, 5.74) is 4.05. The Balaban J connectivity index is 1.54. The van der Waals surface area contributed by atoms with Crippen LogP contribution in [0.2, 0.25) is 10.0 Å². The summed E-state index contributed by atoms with van der Waals surface area (Å²) >= 11 is 12.5. The van der Waals surface area contributed by atoms with Crippen LogP contribution in [0.1, 0.15) is 28.8 Å². The van der Waals surface area contributed by atoms with Gasteiger partial charge in [-0.1, -0.05) is 29.1 Å². The first-order valence-electron chi connectivity index (χ1n) is 9.81. The summed E-state index contributed by atoms with van der Waals surface area (Å²) in [5.74, 6) is 1.36. The van der Waals surface area contributed by atoms with Crippen LogP contribution in [0.4, 0.5) is 15.9 Å². The Morgan fingerprint density at radius 2 is 2.00 bits per heavy atom. The number of amides is 2. The molecule has 1 fully saturated rings. The van der Waals surface area contributed by atoms with E-state index in [0.717, 1.165) is 12.5 Å². The fraction of sp³-hybridized carbons (Fsp3) is 0.130. The van der Waals surface area contributed by atoms with Crippen LogP contribution in [0.3, 0.4) is 0 Å². The van der Waals surface area contributed by atoms with Crippen LogP contribution in [0.25, 0.3) is 11.1 Å². The summed E-state index contributed by atoms with van der Waals surface area (Å²) in [6.07, 6.45) is 11.0. The lowest BCUT2D eigenvalue weighted by molar-refractivity contribution is -0.126. The molecule has 2 N–H and O–H groups in total. The van der Waals surface area contributed by atoms with Crippen molar-refractivity contribution in [1.82, 2.24) is 15.0 Å². The first-order chi connectivity index (χ1) is 15.9. The first kappa shape index (κ1) is 22.5. The average Bonchev–Trinajstić information content (AvgIpc) is 3.21. The van der Waals surface area contributed by atoms with E-state index in [1.807, 2.05) is 0 Å². The number of carbonyl (C=O) groups is 2. The maximum absolute atomic E-state index is 14.9. The van der Waals surface area contributed by atoms with E-state index in [-0.39, 0.29) is 38.6 Å². The van der Waals surface area contributed by atoms with Crippen molar-refractivity contribution < 1.29 is 14.0 Å². The lowest BCUT2D eigenvalue weighted by Crippen LogP contribution is -2.31. The molecule has 166 valence electrons. The third-order valence-corrected chi connectivity index (χ3v) is 5.58. The number of halogens is 3. The highest BCUT2D eigenvalue weighted by molar-refractivity contribution is 6.35. The van der Waals surface area contributed by atoms with Crippen molar-refractivity contribution in [2.45, 2.75) is 12.8 Å². The SMILES string of the molecule is C#Cc1cnccc1-c1cc(Cl)c(C(=O)Nc2cnc(NN3CCCC3=O)c(Cl)c2)cc1F. The maximum Gasteiger partial charge on any atom is 0.257 e. The van der Waals surface area contributed by atoms with Gasteiger partial charge < -0.3 is 5.32 Å². The van der Waals surface area contributed by atoms with Crippen LogP contribution in [0, 0.1) is 18.2 Å². The molecule has 0 radical (unpaired) electrons. The minimum absolute atomic E-state index is 0.0357. The molecule has 3 aromatic rings. The molecule has 0 atom stereocenters. The summed E-state index contributed by atoms with van der Waals surface area (Å²) < 4.78 is 14.9. The Labute approximate surface area is 198 Å². The van der Waals surface area contributed by atoms with Crippen molar-refractivity contribution in [2.24, 2.45) is 0 Å². The van der Waals surface area contributed by atoms with Crippen molar-refractivity contribution in [1.29, 1.82) is 0 Å². The molecule has 0 unspecified atom stereocenters. The molecule has 2 aromatic heterocycles. The van der Waals surface area contributed by atoms with E-state index in [1.165, 1.54) is 35.7 Å². The van der Waals surface area contributed by atoms with Gasteiger partial charge in [0, 0.05) is 36.5 Å². The van der Waals surface area contributed by atoms with E-state index in [9.17, 15) is 14.0 Å². The quantitative estimate of drug-likeness (QED) is 0.510. The maximum atomic E-state index is 14.9. The molecule has 7 nitrogen and oxygen atoms in total. The summed E-state index contributed by atoms with van der Waals surface area (Å²) in [7, 11) is 0. The van der Waals surface area contributed by atoms with Gasteiger partial charge in [0.05, 0.1) is 33.1 Å². The Kier molecular flexibility index (Phi) is 6.45. The van der Waals surface area contributed by atoms with Crippen LogP contribution in [0.15, 0.2) is 42.9 Å². The molecule has 1 aliphatic heterocycles. The molecule has 0 aliphatic carbocycles. The number of hydrazine groups is 1. The van der Waals surface area contributed by atoms with E-state index in [0.29, 0.717) is 24.1 Å². The van der Waals surface area contributed by atoms with Gasteiger partial charge in [-0.05, 0) is 30.7 Å². The molecule has 10 heteroatoms. The second kappa shape index (κ2) is 9.45. The number of pyridine rings is 2. The molecule has 0 saturated carbocycles. The smallest absolute Gasteiger partial charge is 0.257 e. The molecule has 3 heterocycles. The number of terminal acetylenes is 1. The van der Waals surface area contributed by atoms with Gasteiger partial charge >= 0.3 is 0 Å². The van der Waals surface area contributed by atoms with Crippen molar-refractivity contribution >= 4 is 46.5 Å². The molecule has 0 spiro atoms. The molecule has 1 aromatic carbocycles. The highest BCUT2D eigenvalue weighted by Crippen LogP contribution is 2.31. The minimum atomic E-state index is -0.668. The van der Waals surface area contributed by atoms with E-state index < -0.39 is 11.7 Å². The Morgan fingerprint density at radius 3 is 2.70 bits per heavy atom. The Hall–Kier alpha value is -3.67. The summed E-state index contributed by atoms with van der Waals surface area (Å²) in [5, 5.41) is 4.26. The molecule has 0 bridgehead atoms. The van der Waals surface area contributed by atoms with Crippen LogP contribution in [-0.2, 0) is 4.79 Å². The Morgan fingerprint density at radius 1 is 1.18 bits per heavy atom. The zero-order chi connectivity index (χ0) is 23.5. The highest BCUT2D eigenvalue weighted by atomic mass is 35.5. The third kappa shape index (κ3) is 4.75. The van der Waals surface area contributed by atoms with Gasteiger partial charge in [-0.15, -0.1) is 6.42 Å². The molecular weight excluding hydrogens is 468 g/mol. The standard InChI is InChI=1S/C23H16Cl2FN5O2/c1-2-13-11-27-6-5-15(13)16-9-18(24)17(10-20(16)26)23(33)29-14-8-19(25)22(28-12-14)30-31-7-3-4-21(31)32/h1,5-6,8-12H,3-4,7H2,(H,28,30)(H,29,33). The number of benzene rings is 1. The van der Waals surface area contributed by atoms with Crippen molar-refractivity contribution in [3.05, 3.63) is 69.8 Å². The number of anilines is 2. The van der Waals surface area contributed by atoms with Crippen LogP contribution in [0.5, 0.6) is 0 Å². The highest BCUT2D eigenvalue weighted by Gasteiger charge is 2.22. The van der Waals surface area contributed by atoms with E-state index >= 15 is 0 Å². The fourth-order valence-corrected chi connectivity index (χ4v) is 3.81. The van der Waals surface area contributed by atoms with E-state index in [1.54, 1.807) is 6.07 Å². The minimum Gasteiger partial charge on any atom is -0.320 e. The van der Waals surface area contributed by atoms with E-state index in [2.05, 4.69) is 26.6 Å². The largest absolute Gasteiger partial charge is 0.320 e. The third-order valence-electron chi connectivity index (χ3n) is 4.98. The van der Waals surface area contributed by atoms with Gasteiger partial charge in [0.2, 0.25) is 5.91 Å². The molecule has 2 amide bonds. The molecule has 1 aliphatic rings. The molecule has 1 saturated heterocycles. The number of nitrogens with one attached hydrogen (secondary N) is 2. The van der Waals surface area contributed by atoms with Gasteiger partial charge in [0.15, 0.2) is 5.82 Å². The average molecular weight is 484 g/mol. The predicted molar refractivity (Wildman–Crippen MR) is 124 cm³/mol. The topological polar surface area (TPSA) is 87.2 Å². The molecular formula is C23H16Cl2FN5O2. The zero-order valence-electron chi connectivity index (χ0n) is 17.0. The second-order valence-corrected chi connectivity index (χ2v) is 7.96. The number of nitrogens with zero attached hydrogens (tertiary/aromatic N) is 3. The van der Waals surface area contributed by atoms with Crippen LogP contribution < -0.4 is 10.7 Å². The van der Waals surface area contributed by atoms with Gasteiger partial charge in [-0.3, -0.25) is 25.0 Å². The van der Waals surface area contributed by atoms with Crippen molar-refractivity contribution in [3.8, 4) is 23.5 Å². The van der Waals surface area contributed by atoms with Gasteiger partial charge in [0.1, 0.15) is 5.82 Å². The monoisotopic (exact) mass is 483 g/mol. The summed E-state index contributed by atoms with van der Waals surface area (Å²) in [6.45, 7) is 0.553. The van der Waals surface area contributed by atoms with Crippen molar-refractivity contribution in [2.75, 3.05) is 17.3 Å². The second-order valence-electron chi connectivity index (χ2n) is 7.15. The Bertz CT molecular complexity index is 1310. The van der Waals surface area contributed by atoms with Crippen LogP contribution >= 0.6 is 23.2 Å². The number of aromatic nitrogens is 2. The van der Waals surface area contributed by atoms with Crippen molar-refractivity contribution in [3.63, 3.8) is 0 Å². The fourth-order valence-electron chi connectivity index (χ4n) is 3.35. The molecule has 33 heavy (non-hydrogen) atoms. The van der Waals surface area contributed by atoms with Crippen LogP contribution in [-0.4, -0.2) is 33.3 Å². The lowest BCUT2D eigenvalue weighted by atomic mass is 10.00. The summed E-state index contributed by atoms with van der Waals surface area (Å²) in [6, 6.07) is 5.41. The summed E-state index contributed by atoms with van der Waals surface area (Å²) in [4.78, 5) is 32.6. The van der Waals surface area contributed by atoms with E-state index in [4.69, 9.17) is 29.6 Å². The first-order valence-corrected chi connectivity index (χ1v) is 10.6. The number of hydrogen-bond acceptors (Lipinski definition) is 5. The lowest BCUT2D eigenvalue weighted by Gasteiger charge is -2.18. The van der Waals surface area contributed by atoms with Gasteiger partial charge in [-0.2, -0.15) is 0 Å². The predicted octanol–water partition coefficient (Wildman–Crippen LogP) is 4.77.